The number of carbonyl (C=O) groups is 1. The fraction of sp³-hybridized carbons (Fsp3) is 0.188. The van der Waals surface area contributed by atoms with E-state index in [2.05, 4.69) is 4.72 Å². The predicted octanol–water partition coefficient (Wildman–Crippen LogP) is 2.56. The Hall–Kier alpha value is -2.16. The van der Waals surface area contributed by atoms with Crippen LogP contribution in [0.15, 0.2) is 36.4 Å². The van der Waals surface area contributed by atoms with Crippen molar-refractivity contribution in [3.8, 4) is 5.75 Å². The lowest BCUT2D eigenvalue weighted by atomic mass is 10.1. The Labute approximate surface area is 143 Å². The molecule has 0 saturated carbocycles. The first-order chi connectivity index (χ1) is 11.4. The van der Waals surface area contributed by atoms with Gasteiger partial charge < -0.3 is 4.74 Å². The molecule has 24 heavy (non-hydrogen) atoms. The summed E-state index contributed by atoms with van der Waals surface area (Å²) < 4.78 is 33.0. The second-order valence-electron chi connectivity index (χ2n) is 5.19. The fourth-order valence-electron chi connectivity index (χ4n) is 2.49. The Kier molecular flexibility index (Phi) is 4.20. The third-order valence-electron chi connectivity index (χ3n) is 3.68. The summed E-state index contributed by atoms with van der Waals surface area (Å²) in [5, 5.41) is 0.730. The van der Waals surface area contributed by atoms with Gasteiger partial charge in [0.05, 0.1) is 12.0 Å². The van der Waals surface area contributed by atoms with Crippen molar-refractivity contribution in [2.75, 3.05) is 14.2 Å². The summed E-state index contributed by atoms with van der Waals surface area (Å²) in [5.41, 5.74) is 1.12. The van der Waals surface area contributed by atoms with E-state index in [9.17, 15) is 13.2 Å². The average Bonchev–Trinajstić information content (AvgIpc) is 3.10. The Balaban J connectivity index is 2.06. The molecule has 0 bridgehead atoms. The summed E-state index contributed by atoms with van der Waals surface area (Å²) in [7, 11) is -0.729. The number of hydrogen-bond donors (Lipinski definition) is 1. The highest BCUT2D eigenvalue weighted by Crippen LogP contribution is 2.31. The number of nitrogens with one attached hydrogen (secondary N) is 1. The second kappa shape index (κ2) is 6.04. The highest BCUT2D eigenvalue weighted by Gasteiger charge is 2.21. The minimum absolute atomic E-state index is 0.148. The molecule has 0 aliphatic heterocycles. The molecule has 126 valence electrons. The molecule has 8 heteroatoms. The number of aromatic nitrogens is 1. The lowest BCUT2D eigenvalue weighted by Gasteiger charge is -2.06. The third-order valence-corrected chi connectivity index (χ3v) is 6.40. The molecule has 0 spiro atoms. The van der Waals surface area contributed by atoms with Crippen molar-refractivity contribution in [2.45, 2.75) is 6.92 Å². The molecule has 0 unspecified atom stereocenters. The van der Waals surface area contributed by atoms with E-state index in [4.69, 9.17) is 4.74 Å². The van der Waals surface area contributed by atoms with Crippen LogP contribution in [0.5, 0.6) is 5.75 Å². The van der Waals surface area contributed by atoms with E-state index < -0.39 is 10.2 Å². The highest BCUT2D eigenvalue weighted by molar-refractivity contribution is 7.88. The molecule has 0 amide bonds. The Morgan fingerprint density at radius 2 is 1.88 bits per heavy atom. The van der Waals surface area contributed by atoms with Crippen molar-refractivity contribution < 1.29 is 17.9 Å². The number of nitrogens with zero attached hydrogens (tertiary/aromatic N) is 1. The number of methoxy groups -OCH3 is 1. The number of rotatable bonds is 5. The molecule has 0 saturated heterocycles. The van der Waals surface area contributed by atoms with E-state index in [0.29, 0.717) is 26.7 Å². The van der Waals surface area contributed by atoms with Crippen LogP contribution >= 0.6 is 11.3 Å². The number of carbonyl (C=O) groups excluding carboxylic acids is 1. The van der Waals surface area contributed by atoms with Gasteiger partial charge in [0.25, 0.3) is 0 Å². The maximum absolute atomic E-state index is 12.6. The lowest BCUT2D eigenvalue weighted by Crippen LogP contribution is -2.26. The topological polar surface area (TPSA) is 77.4 Å². The summed E-state index contributed by atoms with van der Waals surface area (Å²) in [4.78, 5) is 13.6. The number of aryl methyl sites for hydroxylation is 1. The maximum atomic E-state index is 12.6. The van der Waals surface area contributed by atoms with Gasteiger partial charge in [-0.15, -0.1) is 11.3 Å². The maximum Gasteiger partial charge on any atom is 0.306 e. The summed E-state index contributed by atoms with van der Waals surface area (Å²) in [5.74, 6) is 0.523. The van der Waals surface area contributed by atoms with Gasteiger partial charge in [0, 0.05) is 23.7 Å². The van der Waals surface area contributed by atoms with E-state index in [1.54, 1.807) is 50.4 Å². The Morgan fingerprint density at radius 1 is 1.21 bits per heavy atom. The molecular formula is C16H16N2O4S2. The van der Waals surface area contributed by atoms with Crippen LogP contribution in [0.4, 0.5) is 0 Å². The summed E-state index contributed by atoms with van der Waals surface area (Å²) in [6, 6.07) is 10.3. The molecule has 6 nitrogen and oxygen atoms in total. The number of fused-ring (bicyclic) bond motifs is 1. The Bertz CT molecular complexity index is 1010. The molecule has 0 aliphatic carbocycles. The van der Waals surface area contributed by atoms with Crippen LogP contribution in [0.2, 0.25) is 0 Å². The van der Waals surface area contributed by atoms with Crippen LogP contribution < -0.4 is 9.46 Å². The largest absolute Gasteiger partial charge is 0.497 e. The molecular weight excluding hydrogens is 348 g/mol. The zero-order valence-electron chi connectivity index (χ0n) is 13.4. The van der Waals surface area contributed by atoms with Crippen LogP contribution in [-0.2, 0) is 10.2 Å². The van der Waals surface area contributed by atoms with E-state index in [0.717, 1.165) is 16.7 Å². The molecule has 0 radical (unpaired) electrons. The van der Waals surface area contributed by atoms with Crippen LogP contribution in [0, 0.1) is 6.92 Å². The van der Waals surface area contributed by atoms with Gasteiger partial charge in [-0.3, -0.25) is 4.79 Å². The average molecular weight is 364 g/mol. The van der Waals surface area contributed by atoms with E-state index in [-0.39, 0.29) is 5.78 Å². The van der Waals surface area contributed by atoms with Crippen LogP contribution in [0.1, 0.15) is 20.9 Å². The van der Waals surface area contributed by atoms with Gasteiger partial charge in [-0.05, 0) is 43.3 Å². The van der Waals surface area contributed by atoms with Crippen molar-refractivity contribution in [1.29, 1.82) is 0 Å². The van der Waals surface area contributed by atoms with Gasteiger partial charge in [-0.2, -0.15) is 8.42 Å². The first kappa shape index (κ1) is 16.7. The summed E-state index contributed by atoms with van der Waals surface area (Å²) >= 11 is 1.16. The zero-order chi connectivity index (χ0) is 17.5. The normalized spacial score (nSPS) is 11.8. The van der Waals surface area contributed by atoms with Crippen molar-refractivity contribution in [2.24, 2.45) is 0 Å². The molecule has 2 heterocycles. The smallest absolute Gasteiger partial charge is 0.306 e. The number of hydrogen-bond acceptors (Lipinski definition) is 5. The zero-order valence-corrected chi connectivity index (χ0v) is 15.0. The number of thiophene rings is 1. The summed E-state index contributed by atoms with van der Waals surface area (Å²) in [6.45, 7) is 1.71. The molecule has 0 atom stereocenters. The van der Waals surface area contributed by atoms with Crippen LogP contribution in [0.25, 0.3) is 10.2 Å². The molecule has 1 N–H and O–H groups in total. The first-order valence-electron chi connectivity index (χ1n) is 7.12. The van der Waals surface area contributed by atoms with E-state index in [1.807, 2.05) is 0 Å². The molecule has 0 fully saturated rings. The molecule has 0 aliphatic rings. The van der Waals surface area contributed by atoms with Gasteiger partial charge >= 0.3 is 10.2 Å². The Morgan fingerprint density at radius 3 is 2.46 bits per heavy atom. The van der Waals surface area contributed by atoms with Crippen LogP contribution in [-0.4, -0.2) is 32.3 Å². The number of benzene rings is 1. The van der Waals surface area contributed by atoms with Crippen molar-refractivity contribution in [1.82, 2.24) is 8.69 Å². The first-order valence-corrected chi connectivity index (χ1v) is 9.37. The lowest BCUT2D eigenvalue weighted by molar-refractivity contribution is 0.104. The number of ketones is 1. The van der Waals surface area contributed by atoms with Crippen molar-refractivity contribution in [3.05, 3.63) is 52.5 Å². The molecule has 3 rings (SSSR count). The summed E-state index contributed by atoms with van der Waals surface area (Å²) in [6.07, 6.45) is 0. The van der Waals surface area contributed by atoms with Crippen LogP contribution in [0.3, 0.4) is 0 Å². The molecule has 2 aromatic heterocycles. The quantitative estimate of drug-likeness (QED) is 0.706. The number of ether oxygens (including phenoxy) is 1. The van der Waals surface area contributed by atoms with Gasteiger partial charge in [-0.1, -0.05) is 0 Å². The second-order valence-corrected chi connectivity index (χ2v) is 7.94. The van der Waals surface area contributed by atoms with Gasteiger partial charge in [-0.25, -0.2) is 8.69 Å². The van der Waals surface area contributed by atoms with E-state index >= 15 is 0 Å². The van der Waals surface area contributed by atoms with E-state index in [1.165, 1.54) is 11.0 Å². The monoisotopic (exact) mass is 364 g/mol. The van der Waals surface area contributed by atoms with Crippen molar-refractivity contribution in [3.63, 3.8) is 0 Å². The minimum atomic E-state index is -3.65. The molecule has 1 aromatic carbocycles. The predicted molar refractivity (Wildman–Crippen MR) is 94.4 cm³/mol. The van der Waals surface area contributed by atoms with Gasteiger partial charge in [0.15, 0.2) is 0 Å². The highest BCUT2D eigenvalue weighted by atomic mass is 32.2. The minimum Gasteiger partial charge on any atom is -0.497 e. The molecule has 3 aromatic rings. The van der Waals surface area contributed by atoms with Gasteiger partial charge in [0.1, 0.15) is 10.6 Å². The third kappa shape index (κ3) is 2.72. The van der Waals surface area contributed by atoms with Crippen molar-refractivity contribution >= 4 is 37.5 Å². The van der Waals surface area contributed by atoms with Gasteiger partial charge in [0.2, 0.25) is 5.78 Å². The SMILES string of the molecule is CNS(=O)(=O)n1c(C)cc2cc(C(=O)c3ccc(OC)cc3)sc21. The standard InChI is InChI=1S/C16H16N2O4S2/c1-10-8-12-9-14(23-16(12)18(10)24(20,21)17-2)15(19)11-4-6-13(22-3)7-5-11/h4-9,17H,1-3H3. The fourth-order valence-corrected chi connectivity index (χ4v) is 4.90.